The number of benzene rings is 1. The quantitative estimate of drug-likeness (QED) is 0.774. The highest BCUT2D eigenvalue weighted by Crippen LogP contribution is 2.27. The highest BCUT2D eigenvalue weighted by molar-refractivity contribution is 5.36. The van der Waals surface area contributed by atoms with Gasteiger partial charge in [0.1, 0.15) is 5.75 Å². The first-order chi connectivity index (χ1) is 9.83. The van der Waals surface area contributed by atoms with E-state index in [2.05, 4.69) is 59.0 Å². The molecule has 1 N–H and O–H groups in total. The molecule has 0 fully saturated rings. The lowest BCUT2D eigenvalue weighted by Crippen LogP contribution is -2.31. The van der Waals surface area contributed by atoms with E-state index in [0.717, 1.165) is 18.7 Å². The van der Waals surface area contributed by atoms with Crippen LogP contribution in [0.3, 0.4) is 0 Å². The molecule has 3 nitrogen and oxygen atoms in total. The zero-order valence-corrected chi connectivity index (χ0v) is 14.4. The van der Waals surface area contributed by atoms with Crippen LogP contribution in [0.2, 0.25) is 0 Å². The van der Waals surface area contributed by atoms with Gasteiger partial charge in [-0.1, -0.05) is 25.1 Å². The van der Waals surface area contributed by atoms with Crippen LogP contribution in [-0.2, 0) is 4.74 Å². The molecule has 1 aromatic rings. The van der Waals surface area contributed by atoms with Crippen LogP contribution in [0.15, 0.2) is 24.3 Å². The van der Waals surface area contributed by atoms with Gasteiger partial charge in [-0.05, 0) is 53.7 Å². The summed E-state index contributed by atoms with van der Waals surface area (Å²) in [6, 6.07) is 8.38. The molecule has 120 valence electrons. The zero-order valence-electron chi connectivity index (χ0n) is 14.4. The van der Waals surface area contributed by atoms with Crippen LogP contribution in [0.25, 0.3) is 0 Å². The van der Waals surface area contributed by atoms with Gasteiger partial charge in [0.25, 0.3) is 0 Å². The molecule has 0 aromatic heterocycles. The predicted octanol–water partition coefficient (Wildman–Crippen LogP) is 4.33. The number of hydrogen-bond acceptors (Lipinski definition) is 3. The Kier molecular flexibility index (Phi) is 7.20. The molecule has 0 aliphatic carbocycles. The van der Waals surface area contributed by atoms with Crippen LogP contribution in [-0.4, -0.2) is 24.9 Å². The minimum atomic E-state index is -0.139. The number of nitrogens with one attached hydrogen (secondary N) is 1. The summed E-state index contributed by atoms with van der Waals surface area (Å²) in [6.07, 6.45) is 1.26. The van der Waals surface area contributed by atoms with Crippen molar-refractivity contribution in [1.82, 2.24) is 5.32 Å². The molecule has 0 amide bonds. The smallest absolute Gasteiger partial charge is 0.124 e. The summed E-state index contributed by atoms with van der Waals surface area (Å²) in [5.74, 6) is 0.943. The van der Waals surface area contributed by atoms with E-state index >= 15 is 0 Å². The molecule has 3 heteroatoms. The fraction of sp³-hybridized carbons (Fsp3) is 0.667. The van der Waals surface area contributed by atoms with E-state index in [1.54, 1.807) is 0 Å². The van der Waals surface area contributed by atoms with Crippen LogP contribution >= 0.6 is 0 Å². The maximum Gasteiger partial charge on any atom is 0.124 e. The highest BCUT2D eigenvalue weighted by Gasteiger charge is 2.19. The molecule has 0 bridgehead atoms. The molecular formula is C18H31NO2. The molecule has 1 aromatic carbocycles. The Labute approximate surface area is 130 Å². The number of para-hydroxylation sites is 1. The molecule has 0 heterocycles. The molecule has 0 saturated carbocycles. The lowest BCUT2D eigenvalue weighted by Gasteiger charge is -2.27. The summed E-state index contributed by atoms with van der Waals surface area (Å²) in [4.78, 5) is 0. The summed E-state index contributed by atoms with van der Waals surface area (Å²) in [7, 11) is 0. The molecule has 0 saturated heterocycles. The Morgan fingerprint density at radius 2 is 1.81 bits per heavy atom. The van der Waals surface area contributed by atoms with Crippen molar-refractivity contribution in [2.24, 2.45) is 0 Å². The largest absolute Gasteiger partial charge is 0.491 e. The Balaban J connectivity index is 2.90. The molecule has 0 spiro atoms. The molecule has 21 heavy (non-hydrogen) atoms. The monoisotopic (exact) mass is 293 g/mol. The van der Waals surface area contributed by atoms with Gasteiger partial charge in [-0.25, -0.2) is 0 Å². The lowest BCUT2D eigenvalue weighted by atomic mass is 10.1. The third-order valence-corrected chi connectivity index (χ3v) is 2.98. The molecule has 0 aliphatic heterocycles. The molecule has 1 rings (SSSR count). The van der Waals surface area contributed by atoms with E-state index in [1.165, 1.54) is 5.56 Å². The van der Waals surface area contributed by atoms with Gasteiger partial charge in [0.15, 0.2) is 0 Å². The van der Waals surface area contributed by atoms with Crippen molar-refractivity contribution in [3.63, 3.8) is 0 Å². The van der Waals surface area contributed by atoms with E-state index in [-0.39, 0.29) is 17.7 Å². The average Bonchev–Trinajstić information content (AvgIpc) is 2.38. The Bertz CT molecular complexity index is 410. The second-order valence-corrected chi connectivity index (χ2v) is 6.63. The van der Waals surface area contributed by atoms with E-state index in [1.807, 2.05) is 12.1 Å². The number of ether oxygens (including phenoxy) is 2. The SMILES string of the molecule is CCCNC(COC(C)(C)C)c1ccccc1OC(C)C. The third-order valence-electron chi connectivity index (χ3n) is 2.98. The molecule has 0 aliphatic rings. The Morgan fingerprint density at radius 1 is 1.14 bits per heavy atom. The van der Waals surface area contributed by atoms with Gasteiger partial charge in [0, 0.05) is 5.56 Å². The van der Waals surface area contributed by atoms with Crippen LogP contribution < -0.4 is 10.1 Å². The zero-order chi connectivity index (χ0) is 15.9. The number of rotatable bonds is 8. The fourth-order valence-electron chi connectivity index (χ4n) is 2.04. The minimum absolute atomic E-state index is 0.139. The van der Waals surface area contributed by atoms with E-state index in [4.69, 9.17) is 9.47 Å². The number of hydrogen-bond donors (Lipinski definition) is 1. The first kappa shape index (κ1) is 18.0. The normalized spacial score (nSPS) is 13.5. The van der Waals surface area contributed by atoms with Gasteiger partial charge in [0.05, 0.1) is 24.4 Å². The Morgan fingerprint density at radius 3 is 2.38 bits per heavy atom. The van der Waals surface area contributed by atoms with Crippen molar-refractivity contribution in [3.8, 4) is 5.75 Å². The molecule has 1 atom stereocenters. The first-order valence-corrected chi connectivity index (χ1v) is 7.96. The minimum Gasteiger partial charge on any atom is -0.491 e. The standard InChI is InChI=1S/C18H31NO2/c1-7-12-19-16(13-20-18(4,5)6)15-10-8-9-11-17(15)21-14(2)3/h8-11,14,16,19H,7,12-13H2,1-6H3. The summed E-state index contributed by atoms with van der Waals surface area (Å²) < 4.78 is 11.9. The van der Waals surface area contributed by atoms with Crippen LogP contribution in [0.1, 0.15) is 59.6 Å². The lowest BCUT2D eigenvalue weighted by molar-refractivity contribution is -0.0151. The van der Waals surface area contributed by atoms with Gasteiger partial charge >= 0.3 is 0 Å². The first-order valence-electron chi connectivity index (χ1n) is 7.96. The van der Waals surface area contributed by atoms with Crippen molar-refractivity contribution in [2.75, 3.05) is 13.2 Å². The fourth-order valence-corrected chi connectivity index (χ4v) is 2.04. The van der Waals surface area contributed by atoms with Crippen molar-refractivity contribution >= 4 is 0 Å². The van der Waals surface area contributed by atoms with Gasteiger partial charge in [0.2, 0.25) is 0 Å². The molecule has 1 unspecified atom stereocenters. The average molecular weight is 293 g/mol. The highest BCUT2D eigenvalue weighted by atomic mass is 16.5. The van der Waals surface area contributed by atoms with Crippen molar-refractivity contribution in [3.05, 3.63) is 29.8 Å². The summed E-state index contributed by atoms with van der Waals surface area (Å²) in [5, 5.41) is 3.57. The van der Waals surface area contributed by atoms with Crippen LogP contribution in [0, 0.1) is 0 Å². The summed E-state index contributed by atoms with van der Waals surface area (Å²) in [5.41, 5.74) is 1.03. The maximum atomic E-state index is 5.98. The van der Waals surface area contributed by atoms with Gasteiger partial charge in [-0.3, -0.25) is 0 Å². The van der Waals surface area contributed by atoms with E-state index < -0.39 is 0 Å². The second-order valence-electron chi connectivity index (χ2n) is 6.63. The van der Waals surface area contributed by atoms with Crippen molar-refractivity contribution in [2.45, 2.75) is 65.7 Å². The van der Waals surface area contributed by atoms with E-state index in [9.17, 15) is 0 Å². The maximum absolute atomic E-state index is 5.98. The van der Waals surface area contributed by atoms with Crippen molar-refractivity contribution in [1.29, 1.82) is 0 Å². The van der Waals surface area contributed by atoms with Crippen molar-refractivity contribution < 1.29 is 9.47 Å². The molecule has 0 radical (unpaired) electrons. The summed E-state index contributed by atoms with van der Waals surface area (Å²) in [6.45, 7) is 14.1. The van der Waals surface area contributed by atoms with Crippen LogP contribution in [0.4, 0.5) is 0 Å². The van der Waals surface area contributed by atoms with Crippen LogP contribution in [0.5, 0.6) is 5.75 Å². The van der Waals surface area contributed by atoms with Gasteiger partial charge < -0.3 is 14.8 Å². The topological polar surface area (TPSA) is 30.5 Å². The van der Waals surface area contributed by atoms with Gasteiger partial charge in [-0.2, -0.15) is 0 Å². The predicted molar refractivity (Wildman–Crippen MR) is 88.9 cm³/mol. The second kappa shape index (κ2) is 8.40. The van der Waals surface area contributed by atoms with E-state index in [0.29, 0.717) is 6.61 Å². The molecular weight excluding hydrogens is 262 g/mol. The summed E-state index contributed by atoms with van der Waals surface area (Å²) >= 11 is 0. The van der Waals surface area contributed by atoms with Gasteiger partial charge in [-0.15, -0.1) is 0 Å². The Hall–Kier alpha value is -1.06. The third kappa shape index (κ3) is 6.96.